The highest BCUT2D eigenvalue weighted by atomic mass is 79.9. The lowest BCUT2D eigenvalue weighted by Crippen LogP contribution is -2.15. The summed E-state index contributed by atoms with van der Waals surface area (Å²) in [7, 11) is 0. The molecular formula is C15H12BrCl2FO. The second-order valence-electron chi connectivity index (χ2n) is 4.50. The summed E-state index contributed by atoms with van der Waals surface area (Å²) < 4.78 is 14.0. The predicted molar refractivity (Wildman–Crippen MR) is 84.0 cm³/mol. The number of halogens is 4. The van der Waals surface area contributed by atoms with E-state index < -0.39 is 6.10 Å². The van der Waals surface area contributed by atoms with Crippen LogP contribution in [0, 0.1) is 5.82 Å². The van der Waals surface area contributed by atoms with Gasteiger partial charge >= 0.3 is 0 Å². The zero-order valence-corrected chi connectivity index (χ0v) is 13.5. The summed E-state index contributed by atoms with van der Waals surface area (Å²) in [4.78, 5) is 0. The highest BCUT2D eigenvalue weighted by Gasteiger charge is 2.14. The van der Waals surface area contributed by atoms with Gasteiger partial charge in [0.1, 0.15) is 5.82 Å². The van der Waals surface area contributed by atoms with Crippen molar-refractivity contribution in [2.75, 3.05) is 0 Å². The van der Waals surface area contributed by atoms with Gasteiger partial charge in [0.2, 0.25) is 0 Å². The number of benzene rings is 2. The fourth-order valence-corrected chi connectivity index (χ4v) is 2.95. The third kappa shape index (κ3) is 3.95. The van der Waals surface area contributed by atoms with E-state index in [2.05, 4.69) is 15.9 Å². The molecule has 1 atom stereocenters. The molecule has 1 nitrogen and oxygen atoms in total. The van der Waals surface area contributed by atoms with E-state index in [1.165, 1.54) is 12.1 Å². The van der Waals surface area contributed by atoms with Gasteiger partial charge in [0.15, 0.2) is 0 Å². The Kier molecular flexibility index (Phi) is 5.44. The summed E-state index contributed by atoms with van der Waals surface area (Å²) in [5, 5.41) is 11.2. The number of aliphatic hydroxyl groups excluding tert-OH is 1. The summed E-state index contributed by atoms with van der Waals surface area (Å²) in [5.41, 5.74) is 1.41. The zero-order valence-electron chi connectivity index (χ0n) is 10.4. The quantitative estimate of drug-likeness (QED) is 0.791. The Balaban J connectivity index is 2.13. The van der Waals surface area contributed by atoms with Crippen LogP contribution >= 0.6 is 39.1 Å². The minimum absolute atomic E-state index is 0.319. The third-order valence-corrected chi connectivity index (χ3v) is 4.45. The summed E-state index contributed by atoms with van der Waals surface area (Å²) in [5.74, 6) is -0.328. The van der Waals surface area contributed by atoms with Crippen molar-refractivity contribution in [2.24, 2.45) is 0 Å². The Morgan fingerprint density at radius 2 is 1.75 bits per heavy atom. The molecule has 0 aliphatic rings. The van der Waals surface area contributed by atoms with Gasteiger partial charge in [-0.15, -0.1) is 0 Å². The molecule has 0 aliphatic heterocycles. The summed E-state index contributed by atoms with van der Waals surface area (Å²) in [6.45, 7) is 0. The van der Waals surface area contributed by atoms with Crippen molar-refractivity contribution in [3.8, 4) is 0 Å². The van der Waals surface area contributed by atoms with Crippen LogP contribution in [0.5, 0.6) is 0 Å². The minimum Gasteiger partial charge on any atom is -0.392 e. The summed E-state index contributed by atoms with van der Waals surface area (Å²) >= 11 is 15.5. The molecule has 1 N–H and O–H groups in total. The van der Waals surface area contributed by atoms with Crippen LogP contribution in [0.3, 0.4) is 0 Å². The van der Waals surface area contributed by atoms with Crippen molar-refractivity contribution in [1.82, 2.24) is 0 Å². The van der Waals surface area contributed by atoms with E-state index in [9.17, 15) is 9.50 Å². The van der Waals surface area contributed by atoms with Crippen molar-refractivity contribution in [3.05, 3.63) is 67.9 Å². The molecule has 0 fully saturated rings. The first kappa shape index (κ1) is 15.8. The number of hydrogen-bond acceptors (Lipinski definition) is 1. The minimum atomic E-state index is -0.689. The first-order valence-electron chi connectivity index (χ1n) is 6.02. The monoisotopic (exact) mass is 376 g/mol. The first-order chi connectivity index (χ1) is 9.47. The predicted octanol–water partition coefficient (Wildman–Crippen LogP) is 5.04. The lowest BCUT2D eigenvalue weighted by molar-refractivity contribution is 0.175. The van der Waals surface area contributed by atoms with E-state index in [0.717, 1.165) is 4.47 Å². The fraction of sp³-hybridized carbons (Fsp3) is 0.200. The van der Waals surface area contributed by atoms with Crippen molar-refractivity contribution < 1.29 is 9.50 Å². The van der Waals surface area contributed by atoms with Gasteiger partial charge in [0.05, 0.1) is 6.10 Å². The van der Waals surface area contributed by atoms with E-state index >= 15 is 0 Å². The van der Waals surface area contributed by atoms with E-state index in [1.807, 2.05) is 0 Å². The van der Waals surface area contributed by atoms with E-state index in [-0.39, 0.29) is 5.82 Å². The maximum Gasteiger partial charge on any atom is 0.123 e. The van der Waals surface area contributed by atoms with Crippen molar-refractivity contribution in [2.45, 2.75) is 18.9 Å². The van der Waals surface area contributed by atoms with Crippen LogP contribution in [-0.2, 0) is 12.8 Å². The van der Waals surface area contributed by atoms with Crippen LogP contribution in [0.1, 0.15) is 11.1 Å². The molecule has 2 rings (SSSR count). The van der Waals surface area contributed by atoms with Crippen LogP contribution in [-0.4, -0.2) is 11.2 Å². The fourth-order valence-electron chi connectivity index (χ4n) is 1.99. The van der Waals surface area contributed by atoms with Crippen LogP contribution < -0.4 is 0 Å². The van der Waals surface area contributed by atoms with E-state index in [1.54, 1.807) is 24.3 Å². The molecule has 0 spiro atoms. The SMILES string of the molecule is OC(Cc1cc(F)ccc1Br)Cc1c(Cl)cccc1Cl. The Hall–Kier alpha value is -0.610. The molecule has 0 saturated heterocycles. The van der Waals surface area contributed by atoms with Gasteiger partial charge in [0.25, 0.3) is 0 Å². The van der Waals surface area contributed by atoms with Crippen LogP contribution in [0.2, 0.25) is 10.0 Å². The maximum atomic E-state index is 13.2. The zero-order chi connectivity index (χ0) is 14.7. The van der Waals surface area contributed by atoms with Gasteiger partial charge < -0.3 is 5.11 Å². The molecule has 1 unspecified atom stereocenters. The molecule has 106 valence electrons. The molecule has 0 heterocycles. The van der Waals surface area contributed by atoms with Gasteiger partial charge in [-0.2, -0.15) is 0 Å². The Bertz CT molecular complexity index is 599. The van der Waals surface area contributed by atoms with Crippen molar-refractivity contribution in [1.29, 1.82) is 0 Å². The molecule has 20 heavy (non-hydrogen) atoms. The molecule has 0 aromatic heterocycles. The normalized spacial score (nSPS) is 12.4. The number of rotatable bonds is 4. The Morgan fingerprint density at radius 3 is 2.40 bits per heavy atom. The van der Waals surface area contributed by atoms with Crippen LogP contribution in [0.15, 0.2) is 40.9 Å². The van der Waals surface area contributed by atoms with Gasteiger partial charge in [-0.25, -0.2) is 4.39 Å². The van der Waals surface area contributed by atoms with Crippen LogP contribution in [0.25, 0.3) is 0 Å². The van der Waals surface area contributed by atoms with Crippen molar-refractivity contribution in [3.63, 3.8) is 0 Å². The molecule has 2 aromatic rings. The smallest absolute Gasteiger partial charge is 0.123 e. The molecule has 0 saturated carbocycles. The number of hydrogen-bond donors (Lipinski definition) is 1. The average molecular weight is 378 g/mol. The van der Waals surface area contributed by atoms with E-state index in [0.29, 0.717) is 34.0 Å². The average Bonchev–Trinajstić information content (AvgIpc) is 2.38. The lowest BCUT2D eigenvalue weighted by Gasteiger charge is -2.14. The van der Waals surface area contributed by atoms with Crippen LogP contribution in [0.4, 0.5) is 4.39 Å². The molecule has 0 bridgehead atoms. The highest BCUT2D eigenvalue weighted by Crippen LogP contribution is 2.27. The summed E-state index contributed by atoms with van der Waals surface area (Å²) in [6, 6.07) is 9.61. The third-order valence-electron chi connectivity index (χ3n) is 2.96. The van der Waals surface area contributed by atoms with Crippen molar-refractivity contribution >= 4 is 39.1 Å². The molecule has 5 heteroatoms. The number of aliphatic hydroxyl groups is 1. The first-order valence-corrected chi connectivity index (χ1v) is 7.57. The topological polar surface area (TPSA) is 20.2 Å². The van der Waals surface area contributed by atoms with Gasteiger partial charge in [0, 0.05) is 20.9 Å². The van der Waals surface area contributed by atoms with Gasteiger partial charge in [-0.05, 0) is 47.9 Å². The second kappa shape index (κ2) is 6.90. The largest absolute Gasteiger partial charge is 0.392 e. The molecule has 2 aromatic carbocycles. The second-order valence-corrected chi connectivity index (χ2v) is 6.17. The maximum absolute atomic E-state index is 13.2. The molecule has 0 radical (unpaired) electrons. The molecular weight excluding hydrogens is 366 g/mol. The van der Waals surface area contributed by atoms with Gasteiger partial charge in [-0.1, -0.05) is 45.2 Å². The van der Waals surface area contributed by atoms with Gasteiger partial charge in [-0.3, -0.25) is 0 Å². The lowest BCUT2D eigenvalue weighted by atomic mass is 10.0. The standard InChI is InChI=1S/C15H12BrCl2FO/c16-13-5-4-10(19)6-9(13)7-11(20)8-12-14(17)2-1-3-15(12)18/h1-6,11,20H,7-8H2. The molecule has 0 amide bonds. The summed E-state index contributed by atoms with van der Waals surface area (Å²) in [6.07, 6.45) is -0.0491. The highest BCUT2D eigenvalue weighted by molar-refractivity contribution is 9.10. The Morgan fingerprint density at radius 1 is 1.10 bits per heavy atom. The Labute approximate surface area is 135 Å². The van der Waals surface area contributed by atoms with E-state index in [4.69, 9.17) is 23.2 Å². The molecule has 0 aliphatic carbocycles.